The molecule has 0 radical (unpaired) electrons. The second kappa shape index (κ2) is 9.47. The molecule has 0 fully saturated rings. The van der Waals surface area contributed by atoms with E-state index in [0.717, 1.165) is 28.3 Å². The van der Waals surface area contributed by atoms with E-state index in [1.54, 1.807) is 30.3 Å². The van der Waals surface area contributed by atoms with Crippen LogP contribution >= 0.6 is 35.4 Å². The Balaban J connectivity index is 1.78. The molecule has 2 N–H and O–H groups in total. The molecule has 9 heteroatoms. The molecule has 0 saturated carbocycles. The van der Waals surface area contributed by atoms with Gasteiger partial charge in [0.15, 0.2) is 5.11 Å². The molecule has 0 saturated heterocycles. The van der Waals surface area contributed by atoms with E-state index in [1.807, 2.05) is 30.7 Å². The Bertz CT molecular complexity index is 1110. The van der Waals surface area contributed by atoms with E-state index in [9.17, 15) is 4.79 Å². The van der Waals surface area contributed by atoms with Gasteiger partial charge in [-0.05, 0) is 55.9 Å². The van der Waals surface area contributed by atoms with Crippen LogP contribution in [0.5, 0.6) is 0 Å². The van der Waals surface area contributed by atoms with E-state index in [2.05, 4.69) is 15.7 Å². The van der Waals surface area contributed by atoms with Gasteiger partial charge in [-0.25, -0.2) is 4.79 Å². The number of esters is 1. The highest BCUT2D eigenvalue weighted by Crippen LogP contribution is 2.26. The maximum atomic E-state index is 12.0. The number of thiocarbonyl (C=S) groups is 1. The molecule has 1 aromatic heterocycles. The topological polar surface area (TPSA) is 68.2 Å². The number of nitrogens with zero attached hydrogens (tertiary/aromatic N) is 2. The normalized spacial score (nSPS) is 10.6. The minimum atomic E-state index is -0.377. The number of aryl methyl sites for hydroxylation is 1. The molecule has 0 bridgehead atoms. The number of hydrogen-bond acceptors (Lipinski definition) is 4. The van der Waals surface area contributed by atoms with Crippen molar-refractivity contribution in [2.75, 3.05) is 17.7 Å². The third-order valence-electron chi connectivity index (χ3n) is 4.54. The molecule has 156 valence electrons. The molecular formula is C21H20Cl2N4O2S. The number of ether oxygens (including phenoxy) is 1. The van der Waals surface area contributed by atoms with Crippen LogP contribution in [0.3, 0.4) is 0 Å². The highest BCUT2D eigenvalue weighted by atomic mass is 35.5. The van der Waals surface area contributed by atoms with Crippen LogP contribution in [0.2, 0.25) is 10.0 Å². The van der Waals surface area contributed by atoms with Crippen LogP contribution in [0.15, 0.2) is 42.5 Å². The van der Waals surface area contributed by atoms with Gasteiger partial charge >= 0.3 is 5.97 Å². The lowest BCUT2D eigenvalue weighted by Gasteiger charge is -2.12. The summed E-state index contributed by atoms with van der Waals surface area (Å²) in [6.45, 7) is 4.25. The molecule has 0 aliphatic carbocycles. The lowest BCUT2D eigenvalue weighted by Crippen LogP contribution is -2.20. The highest BCUT2D eigenvalue weighted by Gasteiger charge is 2.16. The SMILES string of the molecule is COC(=O)c1ccccc1Cn1nc(C)c(NC(=S)Nc2ccc(Cl)c(Cl)c2)c1C. The summed E-state index contributed by atoms with van der Waals surface area (Å²) in [6.07, 6.45) is 0. The summed E-state index contributed by atoms with van der Waals surface area (Å²) in [4.78, 5) is 12.0. The average molecular weight is 463 g/mol. The molecule has 0 amide bonds. The van der Waals surface area contributed by atoms with E-state index in [1.165, 1.54) is 7.11 Å². The zero-order valence-electron chi connectivity index (χ0n) is 16.6. The number of carbonyl (C=O) groups excluding carboxylic acids is 1. The van der Waals surface area contributed by atoms with Crippen LogP contribution in [0.1, 0.15) is 27.3 Å². The molecule has 2 aromatic carbocycles. The summed E-state index contributed by atoms with van der Waals surface area (Å²) in [5.74, 6) is -0.377. The number of benzene rings is 2. The zero-order chi connectivity index (χ0) is 21.8. The summed E-state index contributed by atoms with van der Waals surface area (Å²) >= 11 is 17.4. The first-order valence-corrected chi connectivity index (χ1v) is 10.2. The van der Waals surface area contributed by atoms with Crippen molar-refractivity contribution in [3.05, 3.63) is 75.0 Å². The molecular weight excluding hydrogens is 443 g/mol. The van der Waals surface area contributed by atoms with E-state index in [0.29, 0.717) is 27.3 Å². The molecule has 0 aliphatic heterocycles. The molecule has 0 aliphatic rings. The highest BCUT2D eigenvalue weighted by molar-refractivity contribution is 7.80. The largest absolute Gasteiger partial charge is 0.465 e. The van der Waals surface area contributed by atoms with E-state index < -0.39 is 0 Å². The van der Waals surface area contributed by atoms with Gasteiger partial charge in [0.05, 0.1) is 46.3 Å². The first-order valence-electron chi connectivity index (χ1n) is 9.03. The maximum Gasteiger partial charge on any atom is 0.338 e. The summed E-state index contributed by atoms with van der Waals surface area (Å²) in [5, 5.41) is 12.2. The number of halogens is 2. The van der Waals surface area contributed by atoms with Gasteiger partial charge in [0, 0.05) is 5.69 Å². The van der Waals surface area contributed by atoms with Gasteiger partial charge in [0.25, 0.3) is 0 Å². The van der Waals surface area contributed by atoms with Crippen LogP contribution in [-0.4, -0.2) is 28.0 Å². The van der Waals surface area contributed by atoms with Gasteiger partial charge in [-0.3, -0.25) is 4.68 Å². The van der Waals surface area contributed by atoms with Gasteiger partial charge < -0.3 is 15.4 Å². The van der Waals surface area contributed by atoms with Gasteiger partial charge in [-0.15, -0.1) is 0 Å². The Morgan fingerprint density at radius 2 is 1.87 bits per heavy atom. The second-order valence-corrected chi connectivity index (χ2v) is 7.78. The lowest BCUT2D eigenvalue weighted by atomic mass is 10.1. The van der Waals surface area contributed by atoms with E-state index in [4.69, 9.17) is 40.2 Å². The number of carbonyl (C=O) groups is 1. The van der Waals surface area contributed by atoms with Crippen molar-refractivity contribution in [3.63, 3.8) is 0 Å². The third-order valence-corrected chi connectivity index (χ3v) is 5.48. The van der Waals surface area contributed by atoms with E-state index >= 15 is 0 Å². The fourth-order valence-corrected chi connectivity index (χ4v) is 3.53. The Morgan fingerprint density at radius 3 is 2.57 bits per heavy atom. The fraction of sp³-hybridized carbons (Fsp3) is 0.190. The quantitative estimate of drug-likeness (QED) is 0.388. The van der Waals surface area contributed by atoms with Crippen molar-refractivity contribution in [1.29, 1.82) is 0 Å². The van der Waals surface area contributed by atoms with Gasteiger partial charge in [-0.2, -0.15) is 5.10 Å². The zero-order valence-corrected chi connectivity index (χ0v) is 19.0. The Hall–Kier alpha value is -2.61. The van der Waals surface area contributed by atoms with Crippen molar-refractivity contribution in [2.45, 2.75) is 20.4 Å². The minimum Gasteiger partial charge on any atom is -0.465 e. The molecule has 1 heterocycles. The van der Waals surface area contributed by atoms with Crippen molar-refractivity contribution in [3.8, 4) is 0 Å². The smallest absolute Gasteiger partial charge is 0.338 e. The summed E-state index contributed by atoms with van der Waals surface area (Å²) < 4.78 is 6.70. The van der Waals surface area contributed by atoms with Gasteiger partial charge in [0.2, 0.25) is 0 Å². The molecule has 3 rings (SSSR count). The van der Waals surface area contributed by atoms with Crippen LogP contribution < -0.4 is 10.6 Å². The predicted octanol–water partition coefficient (Wildman–Crippen LogP) is 5.45. The molecule has 0 spiro atoms. The fourth-order valence-electron chi connectivity index (χ4n) is 3.01. The summed E-state index contributed by atoms with van der Waals surface area (Å²) in [6, 6.07) is 12.5. The van der Waals surface area contributed by atoms with Gasteiger partial charge in [-0.1, -0.05) is 41.4 Å². The first-order chi connectivity index (χ1) is 14.3. The average Bonchev–Trinajstić information content (AvgIpc) is 2.98. The van der Waals surface area contributed by atoms with Crippen molar-refractivity contribution < 1.29 is 9.53 Å². The molecule has 6 nitrogen and oxygen atoms in total. The monoisotopic (exact) mass is 462 g/mol. The lowest BCUT2D eigenvalue weighted by molar-refractivity contribution is 0.0599. The van der Waals surface area contributed by atoms with Crippen LogP contribution in [0.25, 0.3) is 0 Å². The number of nitrogens with one attached hydrogen (secondary N) is 2. The molecule has 0 atom stereocenters. The number of anilines is 2. The Kier molecular flexibility index (Phi) is 6.97. The van der Waals surface area contributed by atoms with Crippen LogP contribution in [0, 0.1) is 13.8 Å². The van der Waals surface area contributed by atoms with Crippen molar-refractivity contribution in [1.82, 2.24) is 9.78 Å². The number of aromatic nitrogens is 2. The minimum absolute atomic E-state index is 0.377. The van der Waals surface area contributed by atoms with Crippen LogP contribution in [0.4, 0.5) is 11.4 Å². The van der Waals surface area contributed by atoms with E-state index in [-0.39, 0.29) is 5.97 Å². The standard InChI is InChI=1S/C21H20Cl2N4O2S/c1-12-19(25-21(30)24-15-8-9-17(22)18(23)10-15)13(2)27(26-12)11-14-6-4-5-7-16(14)20(28)29-3/h4-10H,11H2,1-3H3,(H2,24,25,30). The maximum absolute atomic E-state index is 12.0. The van der Waals surface area contributed by atoms with Crippen molar-refractivity contribution in [2.24, 2.45) is 0 Å². The van der Waals surface area contributed by atoms with Crippen LogP contribution in [-0.2, 0) is 11.3 Å². The van der Waals surface area contributed by atoms with Crippen molar-refractivity contribution >= 4 is 57.9 Å². The molecule has 3 aromatic rings. The Labute approximate surface area is 190 Å². The summed E-state index contributed by atoms with van der Waals surface area (Å²) in [5.41, 5.74) is 4.50. The molecule has 30 heavy (non-hydrogen) atoms. The summed E-state index contributed by atoms with van der Waals surface area (Å²) in [7, 11) is 1.37. The number of methoxy groups -OCH3 is 1. The Morgan fingerprint density at radius 1 is 1.13 bits per heavy atom. The number of rotatable bonds is 5. The number of hydrogen-bond donors (Lipinski definition) is 2. The first kappa shape index (κ1) is 22.1. The second-order valence-electron chi connectivity index (χ2n) is 6.56. The molecule has 0 unspecified atom stereocenters. The predicted molar refractivity (Wildman–Crippen MR) is 125 cm³/mol. The third kappa shape index (κ3) is 4.92. The van der Waals surface area contributed by atoms with Gasteiger partial charge in [0.1, 0.15) is 0 Å².